The number of esters is 2. The number of rotatable bonds is 7. The van der Waals surface area contributed by atoms with Gasteiger partial charge < -0.3 is 27.6 Å². The van der Waals surface area contributed by atoms with Crippen LogP contribution in [0.1, 0.15) is 20.7 Å². The van der Waals surface area contributed by atoms with Crippen LogP contribution in [0.4, 0.5) is 0 Å². The second kappa shape index (κ2) is 15.7. The van der Waals surface area contributed by atoms with Crippen molar-refractivity contribution in [2.45, 2.75) is 0 Å². The van der Waals surface area contributed by atoms with Crippen LogP contribution in [0.2, 0.25) is 0 Å². The standard InChI is InChI=1S/C10H9NO2S.C9H11NO2.ClH/c12-10(13-7-6-11-8-14)9-4-2-1-3-5-9;10-6-7-12-9(11)8-4-2-1-3-5-8;/h1-5H,6-7H2;1-5H,6-7,10H2;1H. The van der Waals surface area contributed by atoms with Gasteiger partial charge in [-0.15, -0.1) is 0 Å². The Morgan fingerprint density at radius 1 is 0.889 bits per heavy atom. The fourth-order valence-electron chi connectivity index (χ4n) is 1.71. The number of thiocarbonyl (C=S) groups is 1. The number of isothiocyanates is 1. The van der Waals surface area contributed by atoms with Gasteiger partial charge in [-0.25, -0.2) is 14.6 Å². The third-order valence-corrected chi connectivity index (χ3v) is 3.03. The molecule has 0 spiro atoms. The number of halogens is 1. The van der Waals surface area contributed by atoms with Gasteiger partial charge in [-0.05, 0) is 36.5 Å². The summed E-state index contributed by atoms with van der Waals surface area (Å²) in [6, 6.07) is 17.7. The number of ether oxygens (including phenoxy) is 2. The van der Waals surface area contributed by atoms with Crippen LogP contribution in [0.3, 0.4) is 0 Å². The van der Waals surface area contributed by atoms with Crippen molar-refractivity contribution in [3.05, 3.63) is 71.8 Å². The lowest BCUT2D eigenvalue weighted by Gasteiger charge is -2.01. The topological polar surface area (TPSA) is 92.6 Å². The van der Waals surface area contributed by atoms with Gasteiger partial charge in [-0.2, -0.15) is 0 Å². The summed E-state index contributed by atoms with van der Waals surface area (Å²) in [5.74, 6) is -0.621. The molecule has 0 saturated heterocycles. The van der Waals surface area contributed by atoms with E-state index in [2.05, 4.69) is 28.1 Å². The van der Waals surface area contributed by atoms with Crippen LogP contribution in [0.15, 0.2) is 65.7 Å². The lowest BCUT2D eigenvalue weighted by molar-refractivity contribution is -0.371. The molecule has 8 heteroatoms. The zero-order chi connectivity index (χ0) is 19.0. The molecule has 144 valence electrons. The molecule has 2 aromatic rings. The SMILES string of the molecule is O=C(OCCN=C=S)c1ccccc1.[Cl-].[NH3+]CCOC(=O)c1ccccc1. The minimum Gasteiger partial charge on any atom is -1.00 e. The molecular formula is C19H21ClN2O4S. The number of carbonyl (C=O) groups excluding carboxylic acids is 2. The summed E-state index contributed by atoms with van der Waals surface area (Å²) in [4.78, 5) is 26.1. The van der Waals surface area contributed by atoms with Crippen molar-refractivity contribution >= 4 is 29.3 Å². The molecule has 0 unspecified atom stereocenters. The fraction of sp³-hybridized carbons (Fsp3) is 0.211. The normalized spacial score (nSPS) is 8.78. The van der Waals surface area contributed by atoms with Crippen molar-refractivity contribution in [2.24, 2.45) is 4.99 Å². The molecule has 0 fully saturated rings. The highest BCUT2D eigenvalue weighted by Gasteiger charge is 2.04. The van der Waals surface area contributed by atoms with Gasteiger partial charge in [0, 0.05) is 0 Å². The van der Waals surface area contributed by atoms with Gasteiger partial charge in [-0.1, -0.05) is 36.4 Å². The molecule has 0 atom stereocenters. The number of quaternary nitrogens is 1. The summed E-state index contributed by atoms with van der Waals surface area (Å²) >= 11 is 4.37. The second-order valence-corrected chi connectivity index (χ2v) is 5.01. The molecule has 0 heterocycles. The van der Waals surface area contributed by atoms with E-state index in [1.807, 2.05) is 12.1 Å². The van der Waals surface area contributed by atoms with Crippen LogP contribution >= 0.6 is 12.2 Å². The molecule has 0 aliphatic rings. The van der Waals surface area contributed by atoms with Crippen molar-refractivity contribution in [3.63, 3.8) is 0 Å². The summed E-state index contributed by atoms with van der Waals surface area (Å²) < 4.78 is 9.79. The Bertz CT molecular complexity index is 723. The first-order valence-corrected chi connectivity index (χ1v) is 8.37. The maximum Gasteiger partial charge on any atom is 0.338 e. The van der Waals surface area contributed by atoms with Gasteiger partial charge in [0.15, 0.2) is 0 Å². The summed E-state index contributed by atoms with van der Waals surface area (Å²) in [6.07, 6.45) is 0. The van der Waals surface area contributed by atoms with E-state index in [0.29, 0.717) is 30.8 Å². The van der Waals surface area contributed by atoms with Gasteiger partial charge in [0.25, 0.3) is 0 Å². The lowest BCUT2D eigenvalue weighted by Crippen LogP contribution is -3.00. The van der Waals surface area contributed by atoms with E-state index >= 15 is 0 Å². The summed E-state index contributed by atoms with van der Waals surface area (Å²) in [5, 5.41) is 2.20. The molecule has 0 aromatic heterocycles. The van der Waals surface area contributed by atoms with E-state index in [4.69, 9.17) is 9.47 Å². The second-order valence-electron chi connectivity index (χ2n) is 4.83. The monoisotopic (exact) mass is 408 g/mol. The predicted octanol–water partition coefficient (Wildman–Crippen LogP) is -0.964. The Labute approximate surface area is 169 Å². The first-order chi connectivity index (χ1) is 12.7. The Morgan fingerprint density at radius 2 is 1.33 bits per heavy atom. The highest BCUT2D eigenvalue weighted by atomic mass is 35.5. The third-order valence-electron chi connectivity index (χ3n) is 2.90. The van der Waals surface area contributed by atoms with Gasteiger partial charge in [-0.3, -0.25) is 0 Å². The molecule has 0 aliphatic heterocycles. The van der Waals surface area contributed by atoms with Gasteiger partial charge >= 0.3 is 11.9 Å². The van der Waals surface area contributed by atoms with Crippen LogP contribution in [0, 0.1) is 0 Å². The average Bonchev–Trinajstić information content (AvgIpc) is 2.71. The first-order valence-electron chi connectivity index (χ1n) is 7.96. The van der Waals surface area contributed by atoms with Crippen LogP contribution in [0.5, 0.6) is 0 Å². The third kappa shape index (κ3) is 10.9. The Kier molecular flexibility index (Phi) is 14.2. The Morgan fingerprint density at radius 3 is 1.74 bits per heavy atom. The smallest absolute Gasteiger partial charge is 0.338 e. The van der Waals surface area contributed by atoms with Gasteiger partial charge in [0.2, 0.25) is 0 Å². The van der Waals surface area contributed by atoms with E-state index < -0.39 is 0 Å². The van der Waals surface area contributed by atoms with E-state index in [1.165, 1.54) is 0 Å². The van der Waals surface area contributed by atoms with Crippen molar-refractivity contribution < 1.29 is 37.2 Å². The number of hydrogen-bond acceptors (Lipinski definition) is 6. The summed E-state index contributed by atoms with van der Waals surface area (Å²) in [5.41, 5.74) is 4.70. The number of benzene rings is 2. The zero-order valence-corrected chi connectivity index (χ0v) is 16.2. The highest BCUT2D eigenvalue weighted by Crippen LogP contribution is 2.01. The molecule has 0 amide bonds. The Balaban J connectivity index is 0.000000488. The van der Waals surface area contributed by atoms with Crippen molar-refractivity contribution in [1.29, 1.82) is 0 Å². The predicted molar refractivity (Wildman–Crippen MR) is 101 cm³/mol. The molecule has 2 aromatic carbocycles. The summed E-state index contributed by atoms with van der Waals surface area (Å²) in [7, 11) is 0. The van der Waals surface area contributed by atoms with Crippen molar-refractivity contribution in [3.8, 4) is 0 Å². The highest BCUT2D eigenvalue weighted by molar-refractivity contribution is 7.78. The minimum atomic E-state index is -0.342. The van der Waals surface area contributed by atoms with Crippen LogP contribution in [-0.4, -0.2) is 43.4 Å². The van der Waals surface area contributed by atoms with E-state index in [0.717, 1.165) is 0 Å². The maximum atomic E-state index is 11.3. The van der Waals surface area contributed by atoms with Gasteiger partial charge in [0.1, 0.15) is 19.8 Å². The first kappa shape index (κ1) is 24.4. The molecule has 0 radical (unpaired) electrons. The average molecular weight is 409 g/mol. The van der Waals surface area contributed by atoms with Crippen molar-refractivity contribution in [1.82, 2.24) is 0 Å². The Hall–Kier alpha value is -2.57. The molecular weight excluding hydrogens is 388 g/mol. The number of nitrogens with zero attached hydrogens (tertiary/aromatic N) is 1. The van der Waals surface area contributed by atoms with Crippen LogP contribution in [0.25, 0.3) is 0 Å². The molecule has 0 saturated carbocycles. The molecule has 27 heavy (non-hydrogen) atoms. The summed E-state index contributed by atoms with van der Waals surface area (Å²) in [6.45, 7) is 1.59. The molecule has 6 nitrogen and oxygen atoms in total. The number of carbonyl (C=O) groups is 2. The maximum absolute atomic E-state index is 11.3. The van der Waals surface area contributed by atoms with Gasteiger partial charge in [0.05, 0.1) is 22.8 Å². The van der Waals surface area contributed by atoms with E-state index in [9.17, 15) is 9.59 Å². The minimum absolute atomic E-state index is 0. The molecule has 0 bridgehead atoms. The quantitative estimate of drug-likeness (QED) is 0.275. The van der Waals surface area contributed by atoms with Crippen LogP contribution in [-0.2, 0) is 9.47 Å². The zero-order valence-electron chi connectivity index (χ0n) is 14.7. The number of hydrogen-bond donors (Lipinski definition) is 1. The fourth-order valence-corrected chi connectivity index (χ4v) is 1.80. The number of aliphatic imine (C=N–C) groups is 1. The molecule has 2 rings (SSSR count). The van der Waals surface area contributed by atoms with Crippen molar-refractivity contribution in [2.75, 3.05) is 26.3 Å². The molecule has 3 N–H and O–H groups in total. The largest absolute Gasteiger partial charge is 1.00 e. The van der Waals surface area contributed by atoms with Crippen LogP contribution < -0.4 is 18.1 Å². The van der Waals surface area contributed by atoms with E-state index in [-0.39, 0.29) is 31.0 Å². The molecule has 0 aliphatic carbocycles. The van der Waals surface area contributed by atoms with E-state index in [1.54, 1.807) is 48.5 Å². The lowest BCUT2D eigenvalue weighted by atomic mass is 10.2.